The zero-order chi connectivity index (χ0) is 15.7. The van der Waals surface area contributed by atoms with Gasteiger partial charge in [-0.15, -0.1) is 0 Å². The first-order valence-electron chi connectivity index (χ1n) is 7.96. The van der Waals surface area contributed by atoms with Gasteiger partial charge in [-0.3, -0.25) is 4.79 Å². The van der Waals surface area contributed by atoms with Crippen LogP contribution >= 0.6 is 0 Å². The van der Waals surface area contributed by atoms with Crippen LogP contribution in [-0.4, -0.2) is 54.7 Å². The minimum atomic E-state index is -3.49. The number of amides is 1. The average Bonchev–Trinajstić information content (AvgIpc) is 3.19. The first-order valence-corrected chi connectivity index (χ1v) is 9.40. The van der Waals surface area contributed by atoms with Crippen LogP contribution in [0.4, 0.5) is 0 Å². The van der Waals surface area contributed by atoms with Crippen molar-refractivity contribution in [1.29, 1.82) is 0 Å². The molecule has 0 bridgehead atoms. The number of piperidine rings is 1. The first kappa shape index (κ1) is 15.6. The van der Waals surface area contributed by atoms with E-state index in [1.165, 1.54) is 16.6 Å². The summed E-state index contributed by atoms with van der Waals surface area (Å²) < 4.78 is 26.8. The fourth-order valence-electron chi connectivity index (χ4n) is 3.11. The van der Waals surface area contributed by atoms with Crippen LogP contribution in [0.15, 0.2) is 17.2 Å². The minimum absolute atomic E-state index is 0.105. The maximum atomic E-state index is 12.6. The maximum absolute atomic E-state index is 12.6. The third-order valence-corrected chi connectivity index (χ3v) is 6.54. The lowest BCUT2D eigenvalue weighted by Gasteiger charge is -2.28. The monoisotopic (exact) mass is 325 g/mol. The highest BCUT2D eigenvalue weighted by molar-refractivity contribution is 7.89. The summed E-state index contributed by atoms with van der Waals surface area (Å²) >= 11 is 0. The van der Waals surface area contributed by atoms with Crippen LogP contribution in [0, 0.1) is 5.92 Å². The fraction of sp³-hybridized carbons (Fsp3) is 0.667. The third-order valence-electron chi connectivity index (χ3n) is 4.66. The number of sulfonamides is 1. The summed E-state index contributed by atoms with van der Waals surface area (Å²) in [5.41, 5.74) is 0.367. The fourth-order valence-corrected chi connectivity index (χ4v) is 4.58. The molecule has 7 heteroatoms. The number of H-pyrrole nitrogens is 1. The normalized spacial score (nSPS) is 21.4. The van der Waals surface area contributed by atoms with Gasteiger partial charge in [-0.1, -0.05) is 6.92 Å². The Kier molecular flexibility index (Phi) is 4.27. The van der Waals surface area contributed by atoms with Crippen molar-refractivity contribution in [2.45, 2.75) is 37.5 Å². The maximum Gasteiger partial charge on any atom is 0.270 e. The molecule has 22 heavy (non-hydrogen) atoms. The second-order valence-electron chi connectivity index (χ2n) is 6.33. The summed E-state index contributed by atoms with van der Waals surface area (Å²) in [6.45, 7) is 4.77. The van der Waals surface area contributed by atoms with Crippen molar-refractivity contribution in [2.75, 3.05) is 26.2 Å². The predicted octanol–water partition coefficient (Wildman–Crippen LogP) is 1.67. The minimum Gasteiger partial charge on any atom is -0.356 e. The van der Waals surface area contributed by atoms with E-state index >= 15 is 0 Å². The molecule has 0 aromatic carbocycles. The second kappa shape index (κ2) is 6.04. The van der Waals surface area contributed by atoms with Crippen molar-refractivity contribution >= 4 is 15.9 Å². The molecule has 122 valence electrons. The molecule has 0 unspecified atom stereocenters. The van der Waals surface area contributed by atoms with Gasteiger partial charge in [-0.05, 0) is 37.7 Å². The Labute approximate surface area is 131 Å². The van der Waals surface area contributed by atoms with Crippen LogP contribution < -0.4 is 0 Å². The molecule has 3 heterocycles. The number of rotatable bonds is 3. The third kappa shape index (κ3) is 2.92. The lowest BCUT2D eigenvalue weighted by Crippen LogP contribution is -2.37. The van der Waals surface area contributed by atoms with Gasteiger partial charge in [0.15, 0.2) is 0 Å². The predicted molar refractivity (Wildman–Crippen MR) is 83.1 cm³/mol. The number of carbonyl (C=O) groups is 1. The molecule has 0 aliphatic carbocycles. The van der Waals surface area contributed by atoms with Gasteiger partial charge in [-0.2, -0.15) is 4.31 Å². The van der Waals surface area contributed by atoms with Crippen LogP contribution in [0.25, 0.3) is 0 Å². The van der Waals surface area contributed by atoms with E-state index in [-0.39, 0.29) is 10.8 Å². The lowest BCUT2D eigenvalue weighted by molar-refractivity contribution is 0.0787. The van der Waals surface area contributed by atoms with Crippen LogP contribution in [0.3, 0.4) is 0 Å². The van der Waals surface area contributed by atoms with Crippen LogP contribution in [-0.2, 0) is 10.0 Å². The van der Waals surface area contributed by atoms with Gasteiger partial charge >= 0.3 is 0 Å². The van der Waals surface area contributed by atoms with Gasteiger partial charge in [0.25, 0.3) is 5.91 Å². The number of hydrogen-bond acceptors (Lipinski definition) is 3. The Hall–Kier alpha value is -1.34. The van der Waals surface area contributed by atoms with Crippen molar-refractivity contribution in [3.63, 3.8) is 0 Å². The zero-order valence-electron chi connectivity index (χ0n) is 12.9. The quantitative estimate of drug-likeness (QED) is 0.919. The molecule has 0 saturated carbocycles. The molecule has 2 aliphatic rings. The molecule has 6 nitrogen and oxygen atoms in total. The molecule has 2 saturated heterocycles. The molecule has 0 spiro atoms. The zero-order valence-corrected chi connectivity index (χ0v) is 13.7. The van der Waals surface area contributed by atoms with Crippen LogP contribution in [0.2, 0.25) is 0 Å². The molecular weight excluding hydrogens is 302 g/mol. The van der Waals surface area contributed by atoms with Gasteiger partial charge in [0.05, 0.1) is 0 Å². The molecule has 3 rings (SSSR count). The first-order chi connectivity index (χ1) is 10.5. The highest BCUT2D eigenvalue weighted by Crippen LogP contribution is 2.24. The number of nitrogens with zero attached hydrogens (tertiary/aromatic N) is 2. The highest BCUT2D eigenvalue weighted by atomic mass is 32.2. The number of nitrogens with one attached hydrogen (secondary N) is 1. The van der Waals surface area contributed by atoms with E-state index in [0.717, 1.165) is 38.8 Å². The van der Waals surface area contributed by atoms with E-state index in [0.29, 0.717) is 24.7 Å². The van der Waals surface area contributed by atoms with Gasteiger partial charge < -0.3 is 9.88 Å². The summed E-state index contributed by atoms with van der Waals surface area (Å²) in [6.07, 6.45) is 5.26. The molecule has 1 aromatic rings. The number of hydrogen-bond donors (Lipinski definition) is 1. The van der Waals surface area contributed by atoms with Crippen molar-refractivity contribution in [1.82, 2.24) is 14.2 Å². The Balaban J connectivity index is 1.76. The van der Waals surface area contributed by atoms with E-state index in [1.807, 2.05) is 0 Å². The van der Waals surface area contributed by atoms with E-state index in [4.69, 9.17) is 0 Å². The Morgan fingerprint density at radius 1 is 1.18 bits per heavy atom. The second-order valence-corrected chi connectivity index (χ2v) is 8.27. The Morgan fingerprint density at radius 3 is 2.45 bits per heavy atom. The Morgan fingerprint density at radius 2 is 1.82 bits per heavy atom. The molecule has 0 atom stereocenters. The molecular formula is C15H23N3O3S. The van der Waals surface area contributed by atoms with Crippen molar-refractivity contribution in [3.8, 4) is 0 Å². The van der Waals surface area contributed by atoms with Crippen molar-refractivity contribution in [2.24, 2.45) is 5.92 Å². The van der Waals surface area contributed by atoms with Crippen LogP contribution in [0.1, 0.15) is 43.1 Å². The van der Waals surface area contributed by atoms with E-state index in [1.54, 1.807) is 4.90 Å². The van der Waals surface area contributed by atoms with Crippen molar-refractivity contribution in [3.05, 3.63) is 18.0 Å². The summed E-state index contributed by atoms with van der Waals surface area (Å²) in [6, 6.07) is 1.48. The molecule has 1 aromatic heterocycles. The van der Waals surface area contributed by atoms with Gasteiger partial charge in [-0.25, -0.2) is 8.42 Å². The largest absolute Gasteiger partial charge is 0.356 e. The number of aromatic amines is 1. The van der Waals surface area contributed by atoms with Crippen LogP contribution in [0.5, 0.6) is 0 Å². The van der Waals surface area contributed by atoms with E-state index in [2.05, 4.69) is 11.9 Å². The molecule has 2 fully saturated rings. The molecule has 1 amide bonds. The van der Waals surface area contributed by atoms with E-state index in [9.17, 15) is 13.2 Å². The van der Waals surface area contributed by atoms with Crippen molar-refractivity contribution < 1.29 is 13.2 Å². The Bertz CT molecular complexity index is 639. The topological polar surface area (TPSA) is 73.5 Å². The summed E-state index contributed by atoms with van der Waals surface area (Å²) in [5.74, 6) is 0.469. The highest BCUT2D eigenvalue weighted by Gasteiger charge is 2.30. The summed E-state index contributed by atoms with van der Waals surface area (Å²) in [5, 5.41) is 0. The summed E-state index contributed by atoms with van der Waals surface area (Å²) in [7, 11) is -3.49. The number of likely N-dealkylation sites (tertiary alicyclic amines) is 1. The molecule has 2 aliphatic heterocycles. The lowest BCUT2D eigenvalue weighted by atomic mass is 10.0. The average molecular weight is 325 g/mol. The molecule has 1 N–H and O–H groups in total. The smallest absolute Gasteiger partial charge is 0.270 e. The van der Waals surface area contributed by atoms with Gasteiger partial charge in [0.2, 0.25) is 10.0 Å². The van der Waals surface area contributed by atoms with Gasteiger partial charge in [0, 0.05) is 32.4 Å². The summed E-state index contributed by atoms with van der Waals surface area (Å²) in [4.78, 5) is 17.1. The number of aromatic nitrogens is 1. The molecule has 0 radical (unpaired) electrons. The van der Waals surface area contributed by atoms with Gasteiger partial charge in [0.1, 0.15) is 10.6 Å². The van der Waals surface area contributed by atoms with E-state index < -0.39 is 10.0 Å². The standard InChI is InChI=1S/C15H23N3O3S/c1-12-4-8-18(9-5-12)22(20,21)13-10-14(16-11-13)15(19)17-6-2-3-7-17/h10-12,16H,2-9H2,1H3. The number of carbonyl (C=O) groups excluding carboxylic acids is 1. The SMILES string of the molecule is CC1CCN(S(=O)(=O)c2c[nH]c(C(=O)N3CCCC3)c2)CC1.